The molecule has 3 aromatic rings. The number of halogens is 1. The zero-order valence-corrected chi connectivity index (χ0v) is 13.5. The Balaban J connectivity index is 2.03. The maximum atomic E-state index is 13.8. The Labute approximate surface area is 144 Å². The quantitative estimate of drug-likeness (QED) is 0.739. The van der Waals surface area contributed by atoms with Gasteiger partial charge in [0, 0.05) is 18.8 Å². The van der Waals surface area contributed by atoms with Crippen LogP contribution in [0.15, 0.2) is 48.7 Å². The summed E-state index contributed by atoms with van der Waals surface area (Å²) in [4.78, 5) is 13.1. The molecule has 2 aromatic heterocycles. The Morgan fingerprint density at radius 2 is 2.00 bits per heavy atom. The van der Waals surface area contributed by atoms with E-state index in [0.29, 0.717) is 35.4 Å². The molecule has 124 valence electrons. The number of aromatic nitrogens is 3. The second-order valence-electron chi connectivity index (χ2n) is 5.11. The largest absolute Gasteiger partial charge is 0.354 e. The van der Waals surface area contributed by atoms with E-state index in [1.54, 1.807) is 18.3 Å². The third kappa shape index (κ3) is 3.70. The number of nitriles is 1. The summed E-state index contributed by atoms with van der Waals surface area (Å²) in [6, 6.07) is 13.5. The normalized spacial score (nSPS) is 10.1. The zero-order chi connectivity index (χ0) is 17.6. The first-order valence-corrected chi connectivity index (χ1v) is 7.71. The van der Waals surface area contributed by atoms with Gasteiger partial charge < -0.3 is 10.6 Å². The molecule has 0 amide bonds. The van der Waals surface area contributed by atoms with Gasteiger partial charge in [-0.25, -0.2) is 9.37 Å². The number of benzene rings is 1. The fraction of sp³-hybridized carbons (Fsp3) is 0.111. The predicted molar refractivity (Wildman–Crippen MR) is 93.8 cm³/mol. The number of nitrogens with zero attached hydrogens (tertiary/aromatic N) is 4. The number of pyridine rings is 1. The summed E-state index contributed by atoms with van der Waals surface area (Å²) in [6.07, 6.45) is 1.68. The number of rotatable bonds is 5. The van der Waals surface area contributed by atoms with Gasteiger partial charge in [0.2, 0.25) is 5.95 Å². The van der Waals surface area contributed by atoms with Gasteiger partial charge in [-0.15, -0.1) is 0 Å². The van der Waals surface area contributed by atoms with Crippen molar-refractivity contribution in [3.05, 3.63) is 60.0 Å². The molecule has 3 rings (SSSR count). The number of nitrogens with one attached hydrogen (secondary N) is 2. The van der Waals surface area contributed by atoms with Crippen molar-refractivity contribution in [1.29, 1.82) is 5.26 Å². The minimum absolute atomic E-state index is 0.0644. The fourth-order valence-electron chi connectivity index (χ4n) is 2.27. The van der Waals surface area contributed by atoms with Crippen LogP contribution < -0.4 is 10.6 Å². The Morgan fingerprint density at radius 1 is 1.12 bits per heavy atom. The van der Waals surface area contributed by atoms with Gasteiger partial charge in [0.05, 0.1) is 17.1 Å². The minimum atomic E-state index is -0.585. The first-order valence-electron chi connectivity index (χ1n) is 7.71. The molecule has 1 aromatic carbocycles. The molecule has 0 saturated heterocycles. The maximum absolute atomic E-state index is 13.8. The Hall–Kier alpha value is -3.53. The van der Waals surface area contributed by atoms with E-state index in [4.69, 9.17) is 5.26 Å². The maximum Gasteiger partial charge on any atom is 0.225 e. The smallest absolute Gasteiger partial charge is 0.225 e. The van der Waals surface area contributed by atoms with Crippen molar-refractivity contribution < 1.29 is 4.39 Å². The lowest BCUT2D eigenvalue weighted by Crippen LogP contribution is -2.06. The molecule has 0 bridgehead atoms. The molecule has 25 heavy (non-hydrogen) atoms. The van der Waals surface area contributed by atoms with Crippen LogP contribution in [-0.4, -0.2) is 21.5 Å². The summed E-state index contributed by atoms with van der Waals surface area (Å²) in [5.74, 6) is 0.273. The van der Waals surface area contributed by atoms with Gasteiger partial charge in [0.1, 0.15) is 23.3 Å². The van der Waals surface area contributed by atoms with Gasteiger partial charge in [0.25, 0.3) is 0 Å². The average Bonchev–Trinajstić information content (AvgIpc) is 2.63. The van der Waals surface area contributed by atoms with Crippen molar-refractivity contribution in [2.45, 2.75) is 6.92 Å². The highest BCUT2D eigenvalue weighted by atomic mass is 19.1. The summed E-state index contributed by atoms with van der Waals surface area (Å²) in [7, 11) is 0. The molecule has 0 fully saturated rings. The van der Waals surface area contributed by atoms with Gasteiger partial charge >= 0.3 is 0 Å². The predicted octanol–water partition coefficient (Wildman–Crippen LogP) is 3.72. The van der Waals surface area contributed by atoms with Crippen LogP contribution in [0.2, 0.25) is 0 Å². The molecule has 0 aliphatic carbocycles. The standard InChI is InChI=1S/C18H15FN6/c1-2-21-18-24-16(15-7-3-4-9-22-15)10-17(25-18)23-14-8-5-6-13(19)12(14)11-20/h3-10H,2H2,1H3,(H2,21,23,24,25). The van der Waals surface area contributed by atoms with Gasteiger partial charge in [-0.3, -0.25) is 4.98 Å². The van der Waals surface area contributed by atoms with Crippen molar-refractivity contribution in [2.75, 3.05) is 17.2 Å². The van der Waals surface area contributed by atoms with Crippen LogP contribution in [0.4, 0.5) is 21.8 Å². The van der Waals surface area contributed by atoms with Crippen LogP contribution in [0, 0.1) is 17.1 Å². The van der Waals surface area contributed by atoms with Gasteiger partial charge in [-0.1, -0.05) is 12.1 Å². The lowest BCUT2D eigenvalue weighted by atomic mass is 10.2. The lowest BCUT2D eigenvalue weighted by molar-refractivity contribution is 0.624. The second-order valence-corrected chi connectivity index (χ2v) is 5.11. The summed E-state index contributed by atoms with van der Waals surface area (Å²) in [5, 5.41) is 15.2. The number of hydrogen-bond donors (Lipinski definition) is 2. The van der Waals surface area contributed by atoms with E-state index in [2.05, 4.69) is 25.6 Å². The molecule has 0 saturated carbocycles. The summed E-state index contributed by atoms with van der Waals surface area (Å²) in [6.45, 7) is 2.58. The SMILES string of the molecule is CCNc1nc(Nc2cccc(F)c2C#N)cc(-c2ccccn2)n1. The topological polar surface area (TPSA) is 86.5 Å². The molecule has 0 atom stereocenters. The van der Waals surface area contributed by atoms with Crippen molar-refractivity contribution in [2.24, 2.45) is 0 Å². The average molecular weight is 334 g/mol. The lowest BCUT2D eigenvalue weighted by Gasteiger charge is -2.11. The first kappa shape index (κ1) is 16.3. The Bertz CT molecular complexity index is 921. The molecular weight excluding hydrogens is 319 g/mol. The fourth-order valence-corrected chi connectivity index (χ4v) is 2.27. The number of hydrogen-bond acceptors (Lipinski definition) is 6. The minimum Gasteiger partial charge on any atom is -0.354 e. The van der Waals surface area contributed by atoms with E-state index in [1.807, 2.05) is 31.2 Å². The highest BCUT2D eigenvalue weighted by Gasteiger charge is 2.11. The molecule has 0 unspecified atom stereocenters. The van der Waals surface area contributed by atoms with Gasteiger partial charge in [-0.2, -0.15) is 10.2 Å². The molecule has 7 heteroatoms. The van der Waals surface area contributed by atoms with E-state index < -0.39 is 5.82 Å². The summed E-state index contributed by atoms with van der Waals surface area (Å²) >= 11 is 0. The van der Waals surface area contributed by atoms with Crippen LogP contribution in [-0.2, 0) is 0 Å². The monoisotopic (exact) mass is 334 g/mol. The first-order chi connectivity index (χ1) is 12.2. The van der Waals surface area contributed by atoms with E-state index in [0.717, 1.165) is 0 Å². The molecule has 2 heterocycles. The van der Waals surface area contributed by atoms with Gasteiger partial charge in [0.15, 0.2) is 0 Å². The van der Waals surface area contributed by atoms with Crippen LogP contribution in [0.3, 0.4) is 0 Å². The molecule has 0 radical (unpaired) electrons. The summed E-state index contributed by atoms with van der Waals surface area (Å²) < 4.78 is 13.8. The Morgan fingerprint density at radius 3 is 2.72 bits per heavy atom. The molecule has 0 spiro atoms. The van der Waals surface area contributed by atoms with Crippen LogP contribution in [0.25, 0.3) is 11.4 Å². The molecule has 0 aliphatic rings. The zero-order valence-electron chi connectivity index (χ0n) is 13.5. The van der Waals surface area contributed by atoms with E-state index >= 15 is 0 Å². The molecule has 0 aliphatic heterocycles. The Kier molecular flexibility index (Phi) is 4.81. The third-order valence-corrected chi connectivity index (χ3v) is 3.38. The van der Waals surface area contributed by atoms with E-state index in [1.165, 1.54) is 12.1 Å². The highest BCUT2D eigenvalue weighted by molar-refractivity contribution is 5.68. The summed E-state index contributed by atoms with van der Waals surface area (Å²) in [5.41, 5.74) is 1.58. The van der Waals surface area contributed by atoms with Crippen LogP contribution >= 0.6 is 0 Å². The number of anilines is 3. The van der Waals surface area contributed by atoms with E-state index in [-0.39, 0.29) is 5.56 Å². The van der Waals surface area contributed by atoms with Crippen LogP contribution in [0.5, 0.6) is 0 Å². The highest BCUT2D eigenvalue weighted by Crippen LogP contribution is 2.25. The van der Waals surface area contributed by atoms with Crippen molar-refractivity contribution in [1.82, 2.24) is 15.0 Å². The van der Waals surface area contributed by atoms with Gasteiger partial charge in [-0.05, 0) is 31.2 Å². The second kappa shape index (κ2) is 7.36. The van der Waals surface area contributed by atoms with Crippen molar-refractivity contribution in [3.63, 3.8) is 0 Å². The molecule has 6 nitrogen and oxygen atoms in total. The van der Waals surface area contributed by atoms with Crippen molar-refractivity contribution >= 4 is 17.5 Å². The van der Waals surface area contributed by atoms with Crippen molar-refractivity contribution in [3.8, 4) is 17.5 Å². The molecule has 2 N–H and O–H groups in total. The van der Waals surface area contributed by atoms with Crippen LogP contribution in [0.1, 0.15) is 12.5 Å². The molecular formula is C18H15FN6. The third-order valence-electron chi connectivity index (χ3n) is 3.38. The van der Waals surface area contributed by atoms with E-state index in [9.17, 15) is 4.39 Å².